The minimum absolute atomic E-state index is 0.193. The highest BCUT2D eigenvalue weighted by Gasteiger charge is 2.19. The summed E-state index contributed by atoms with van der Waals surface area (Å²) >= 11 is 0. The van der Waals surface area contributed by atoms with Gasteiger partial charge in [-0.15, -0.1) is 0 Å². The quantitative estimate of drug-likeness (QED) is 0.928. The third-order valence-corrected chi connectivity index (χ3v) is 3.70. The van der Waals surface area contributed by atoms with Gasteiger partial charge >= 0.3 is 0 Å². The Balaban J connectivity index is 1.92. The van der Waals surface area contributed by atoms with Crippen molar-refractivity contribution in [2.45, 2.75) is 26.2 Å². The zero-order valence-electron chi connectivity index (χ0n) is 11.7. The number of rotatable bonds is 3. The first-order valence-electron chi connectivity index (χ1n) is 6.89. The number of aromatic nitrogens is 2. The Morgan fingerprint density at radius 1 is 1.40 bits per heavy atom. The zero-order valence-corrected chi connectivity index (χ0v) is 11.7. The summed E-state index contributed by atoms with van der Waals surface area (Å²) in [7, 11) is 0. The molecule has 2 heterocycles. The lowest BCUT2D eigenvalue weighted by molar-refractivity contribution is 0.357. The average molecular weight is 267 g/mol. The summed E-state index contributed by atoms with van der Waals surface area (Å²) in [6.07, 6.45) is 2.76. The molecule has 0 radical (unpaired) electrons. The first kappa shape index (κ1) is 12.7. The number of imidazole rings is 1. The van der Waals surface area contributed by atoms with Crippen molar-refractivity contribution in [1.29, 1.82) is 5.26 Å². The van der Waals surface area contributed by atoms with Gasteiger partial charge in [0, 0.05) is 12.0 Å². The molecular weight excluding hydrogens is 250 g/mol. The molecule has 4 nitrogen and oxygen atoms in total. The van der Waals surface area contributed by atoms with Gasteiger partial charge in [-0.2, -0.15) is 5.26 Å². The predicted octanol–water partition coefficient (Wildman–Crippen LogP) is 3.27. The molecule has 1 aromatic carbocycles. The fourth-order valence-corrected chi connectivity index (χ4v) is 2.52. The molecule has 2 aromatic rings. The zero-order chi connectivity index (χ0) is 14.1. The number of benzene rings is 1. The highest BCUT2D eigenvalue weighted by atomic mass is 16.5. The number of nitriles is 1. The molecule has 20 heavy (non-hydrogen) atoms. The molecule has 1 aliphatic rings. The van der Waals surface area contributed by atoms with Gasteiger partial charge in [0.15, 0.2) is 0 Å². The van der Waals surface area contributed by atoms with Gasteiger partial charge in [-0.3, -0.25) is 0 Å². The molecule has 1 atom stereocenters. The third-order valence-electron chi connectivity index (χ3n) is 3.70. The monoisotopic (exact) mass is 267 g/mol. The van der Waals surface area contributed by atoms with Crippen LogP contribution in [-0.4, -0.2) is 16.6 Å². The van der Waals surface area contributed by atoms with Crippen LogP contribution in [0, 0.1) is 17.2 Å². The van der Waals surface area contributed by atoms with Gasteiger partial charge in [-0.25, -0.2) is 4.98 Å². The van der Waals surface area contributed by atoms with Gasteiger partial charge in [0.05, 0.1) is 24.6 Å². The van der Waals surface area contributed by atoms with Gasteiger partial charge in [-0.1, -0.05) is 13.8 Å². The molecule has 0 spiro atoms. The summed E-state index contributed by atoms with van der Waals surface area (Å²) in [6, 6.07) is 8.47. The largest absolute Gasteiger partial charge is 0.493 e. The molecule has 3 rings (SSSR count). The molecule has 102 valence electrons. The van der Waals surface area contributed by atoms with Crippen LogP contribution in [0.5, 0.6) is 5.75 Å². The van der Waals surface area contributed by atoms with Crippen molar-refractivity contribution in [3.63, 3.8) is 0 Å². The summed E-state index contributed by atoms with van der Waals surface area (Å²) < 4.78 is 5.51. The lowest BCUT2D eigenvalue weighted by Crippen LogP contribution is -2.05. The van der Waals surface area contributed by atoms with E-state index < -0.39 is 0 Å². The normalized spacial score (nSPS) is 14.7. The number of nitrogens with zero attached hydrogens (tertiary/aromatic N) is 2. The average Bonchev–Trinajstić information content (AvgIpc) is 3.06. The number of H-pyrrole nitrogens is 1. The Labute approximate surface area is 118 Å². The highest BCUT2D eigenvalue weighted by Crippen LogP contribution is 2.30. The second kappa shape index (κ2) is 5.01. The summed E-state index contributed by atoms with van der Waals surface area (Å²) in [4.78, 5) is 7.65. The Kier molecular flexibility index (Phi) is 3.19. The maximum absolute atomic E-state index is 9.23. The number of hydrogen-bond acceptors (Lipinski definition) is 3. The Morgan fingerprint density at radius 3 is 3.00 bits per heavy atom. The fourth-order valence-electron chi connectivity index (χ4n) is 2.52. The molecule has 0 saturated carbocycles. The van der Waals surface area contributed by atoms with Crippen molar-refractivity contribution in [1.82, 2.24) is 9.97 Å². The Bertz CT molecular complexity index is 667. The van der Waals surface area contributed by atoms with Gasteiger partial charge in [-0.05, 0) is 29.7 Å². The van der Waals surface area contributed by atoms with Crippen LogP contribution in [0.4, 0.5) is 0 Å². The first-order chi connectivity index (χ1) is 9.69. The number of hydrogen-bond donors (Lipinski definition) is 1. The van der Waals surface area contributed by atoms with E-state index in [4.69, 9.17) is 4.74 Å². The summed E-state index contributed by atoms with van der Waals surface area (Å²) in [5.74, 6) is 1.77. The standard InChI is InChI=1S/C16H17N3O/c1-10(2)13(8-17)16-18-9-14(19-16)11-3-4-15-12(7-11)5-6-20-15/h3-4,7,9-10,13H,5-6H2,1-2H3,(H,18,19). The third kappa shape index (κ3) is 2.16. The van der Waals surface area contributed by atoms with Crippen LogP contribution < -0.4 is 4.74 Å². The second-order valence-electron chi connectivity index (χ2n) is 5.45. The smallest absolute Gasteiger partial charge is 0.124 e. The Morgan fingerprint density at radius 2 is 2.25 bits per heavy atom. The molecule has 1 N–H and O–H groups in total. The van der Waals surface area contributed by atoms with E-state index in [0.29, 0.717) is 0 Å². The van der Waals surface area contributed by atoms with Crippen molar-refractivity contribution in [2.24, 2.45) is 5.92 Å². The summed E-state index contributed by atoms with van der Waals surface area (Å²) in [6.45, 7) is 4.82. The van der Waals surface area contributed by atoms with Crippen molar-refractivity contribution in [2.75, 3.05) is 6.61 Å². The molecule has 0 saturated heterocycles. The van der Waals surface area contributed by atoms with E-state index in [1.807, 2.05) is 26.0 Å². The van der Waals surface area contributed by atoms with Crippen LogP contribution in [0.25, 0.3) is 11.3 Å². The highest BCUT2D eigenvalue weighted by molar-refractivity contribution is 5.62. The minimum atomic E-state index is -0.193. The summed E-state index contributed by atoms with van der Waals surface area (Å²) in [5, 5.41) is 9.23. The molecular formula is C16H17N3O. The lowest BCUT2D eigenvalue weighted by Gasteiger charge is -2.09. The maximum atomic E-state index is 9.23. The fraction of sp³-hybridized carbons (Fsp3) is 0.375. The maximum Gasteiger partial charge on any atom is 0.124 e. The van der Waals surface area contributed by atoms with E-state index in [0.717, 1.165) is 35.9 Å². The van der Waals surface area contributed by atoms with E-state index >= 15 is 0 Å². The van der Waals surface area contributed by atoms with E-state index in [1.165, 1.54) is 5.56 Å². The lowest BCUT2D eigenvalue weighted by atomic mass is 9.97. The molecule has 1 unspecified atom stereocenters. The van der Waals surface area contributed by atoms with Crippen LogP contribution in [0.2, 0.25) is 0 Å². The van der Waals surface area contributed by atoms with Crippen molar-refractivity contribution in [3.8, 4) is 23.1 Å². The molecule has 4 heteroatoms. The molecule has 1 aliphatic heterocycles. The van der Waals surface area contributed by atoms with Crippen LogP contribution in [0.1, 0.15) is 31.2 Å². The van der Waals surface area contributed by atoms with E-state index in [-0.39, 0.29) is 11.8 Å². The van der Waals surface area contributed by atoms with Crippen LogP contribution in [0.15, 0.2) is 24.4 Å². The van der Waals surface area contributed by atoms with Crippen LogP contribution >= 0.6 is 0 Å². The molecule has 0 fully saturated rings. The minimum Gasteiger partial charge on any atom is -0.493 e. The number of fused-ring (bicyclic) bond motifs is 1. The molecule has 0 bridgehead atoms. The SMILES string of the molecule is CC(C)C(C#N)c1ncc(-c2ccc3c(c2)CCO3)[nH]1. The predicted molar refractivity (Wildman–Crippen MR) is 76.4 cm³/mol. The first-order valence-corrected chi connectivity index (χ1v) is 6.89. The van der Waals surface area contributed by atoms with Crippen LogP contribution in [0.3, 0.4) is 0 Å². The molecule has 1 aromatic heterocycles. The Hall–Kier alpha value is -2.28. The van der Waals surface area contributed by atoms with Crippen molar-refractivity contribution < 1.29 is 4.74 Å². The molecule has 0 aliphatic carbocycles. The van der Waals surface area contributed by atoms with E-state index in [1.54, 1.807) is 6.20 Å². The van der Waals surface area contributed by atoms with Gasteiger partial charge in [0.1, 0.15) is 17.5 Å². The van der Waals surface area contributed by atoms with Crippen LogP contribution in [-0.2, 0) is 6.42 Å². The number of ether oxygens (including phenoxy) is 1. The van der Waals surface area contributed by atoms with Gasteiger partial charge < -0.3 is 9.72 Å². The number of nitrogens with one attached hydrogen (secondary N) is 1. The second-order valence-corrected chi connectivity index (χ2v) is 5.45. The van der Waals surface area contributed by atoms with E-state index in [9.17, 15) is 5.26 Å². The van der Waals surface area contributed by atoms with Crippen molar-refractivity contribution >= 4 is 0 Å². The van der Waals surface area contributed by atoms with Gasteiger partial charge in [0.25, 0.3) is 0 Å². The summed E-state index contributed by atoms with van der Waals surface area (Å²) in [5.41, 5.74) is 3.28. The topological polar surface area (TPSA) is 61.7 Å². The molecule has 0 amide bonds. The number of aromatic amines is 1. The van der Waals surface area contributed by atoms with Crippen molar-refractivity contribution in [3.05, 3.63) is 35.8 Å². The van der Waals surface area contributed by atoms with Gasteiger partial charge in [0.2, 0.25) is 0 Å². The van der Waals surface area contributed by atoms with E-state index in [2.05, 4.69) is 22.1 Å².